The SMILES string of the molecule is Cc1ccc(C(=O)Nc2ccc(N(C=O)CCc3ccccn3)cc2)c(NC2CCCCC2)n1. The summed E-state index contributed by atoms with van der Waals surface area (Å²) in [7, 11) is 0. The number of nitrogens with zero attached hydrogens (tertiary/aromatic N) is 3. The molecule has 0 bridgehead atoms. The predicted molar refractivity (Wildman–Crippen MR) is 135 cm³/mol. The van der Waals surface area contributed by atoms with Gasteiger partial charge in [0.15, 0.2) is 0 Å². The molecule has 3 aromatic rings. The van der Waals surface area contributed by atoms with Crippen molar-refractivity contribution in [1.82, 2.24) is 9.97 Å². The van der Waals surface area contributed by atoms with E-state index in [4.69, 9.17) is 0 Å². The zero-order chi connectivity index (χ0) is 23.8. The van der Waals surface area contributed by atoms with Gasteiger partial charge in [0.1, 0.15) is 5.82 Å². The number of anilines is 3. The standard InChI is InChI=1S/C27H31N5O2/c1-20-10-15-25(26(29-20)30-22-8-3-2-4-9-22)27(34)31-23-11-13-24(14-12-23)32(19-33)18-16-21-7-5-6-17-28-21/h5-7,10-15,17,19,22H,2-4,8-9,16,18H2,1H3,(H,29,30)(H,31,34). The first kappa shape index (κ1) is 23.4. The monoisotopic (exact) mass is 457 g/mol. The van der Waals surface area contributed by atoms with Crippen molar-refractivity contribution in [3.05, 3.63) is 77.7 Å². The number of carbonyl (C=O) groups is 2. The maximum absolute atomic E-state index is 13.1. The molecule has 2 heterocycles. The molecule has 4 rings (SSSR count). The van der Waals surface area contributed by atoms with Gasteiger partial charge in [0.2, 0.25) is 6.41 Å². The number of aromatic nitrogens is 2. The van der Waals surface area contributed by atoms with Crippen molar-refractivity contribution in [3.63, 3.8) is 0 Å². The van der Waals surface area contributed by atoms with Crippen molar-refractivity contribution in [2.75, 3.05) is 22.1 Å². The van der Waals surface area contributed by atoms with Crippen LogP contribution in [-0.2, 0) is 11.2 Å². The molecule has 0 atom stereocenters. The van der Waals surface area contributed by atoms with Crippen molar-refractivity contribution in [2.24, 2.45) is 0 Å². The zero-order valence-corrected chi connectivity index (χ0v) is 19.5. The third-order valence-electron chi connectivity index (χ3n) is 6.14. The van der Waals surface area contributed by atoms with E-state index in [9.17, 15) is 9.59 Å². The minimum atomic E-state index is -0.207. The zero-order valence-electron chi connectivity index (χ0n) is 19.5. The largest absolute Gasteiger partial charge is 0.367 e. The lowest BCUT2D eigenvalue weighted by Gasteiger charge is -2.24. The molecule has 0 spiro atoms. The number of amides is 2. The van der Waals surface area contributed by atoms with Crippen molar-refractivity contribution in [3.8, 4) is 0 Å². The van der Waals surface area contributed by atoms with Gasteiger partial charge in [-0.3, -0.25) is 14.6 Å². The molecule has 2 N–H and O–H groups in total. The van der Waals surface area contributed by atoms with Crippen LogP contribution in [0, 0.1) is 6.92 Å². The Kier molecular flexibility index (Phi) is 7.86. The number of rotatable bonds is 9. The lowest BCUT2D eigenvalue weighted by atomic mass is 9.95. The quantitative estimate of drug-likeness (QED) is 0.442. The van der Waals surface area contributed by atoms with Gasteiger partial charge in [0.05, 0.1) is 5.56 Å². The summed E-state index contributed by atoms with van der Waals surface area (Å²) in [6.45, 7) is 2.45. The molecule has 1 saturated carbocycles. The Morgan fingerprint density at radius 1 is 1.06 bits per heavy atom. The topological polar surface area (TPSA) is 87.2 Å². The number of aryl methyl sites for hydroxylation is 1. The maximum Gasteiger partial charge on any atom is 0.259 e. The summed E-state index contributed by atoms with van der Waals surface area (Å²) in [6, 6.07) is 17.1. The van der Waals surface area contributed by atoms with Gasteiger partial charge in [0.25, 0.3) is 5.91 Å². The molecule has 2 amide bonds. The summed E-state index contributed by atoms with van der Waals surface area (Å²) in [5.41, 5.74) is 3.76. The molecular formula is C27H31N5O2. The van der Waals surface area contributed by atoms with Crippen LogP contribution in [0.25, 0.3) is 0 Å². The van der Waals surface area contributed by atoms with Crippen LogP contribution in [0.2, 0.25) is 0 Å². The van der Waals surface area contributed by atoms with Gasteiger partial charge in [-0.2, -0.15) is 0 Å². The van der Waals surface area contributed by atoms with Crippen LogP contribution < -0.4 is 15.5 Å². The highest BCUT2D eigenvalue weighted by Crippen LogP contribution is 2.24. The summed E-state index contributed by atoms with van der Waals surface area (Å²) in [4.78, 5) is 35.2. The molecule has 0 saturated heterocycles. The average Bonchev–Trinajstić information content (AvgIpc) is 2.86. The van der Waals surface area contributed by atoms with E-state index >= 15 is 0 Å². The molecule has 7 heteroatoms. The highest BCUT2D eigenvalue weighted by molar-refractivity contribution is 6.07. The van der Waals surface area contributed by atoms with E-state index in [0.717, 1.165) is 36.3 Å². The van der Waals surface area contributed by atoms with Crippen molar-refractivity contribution < 1.29 is 9.59 Å². The average molecular weight is 458 g/mol. The number of hydrogen-bond acceptors (Lipinski definition) is 5. The summed E-state index contributed by atoms with van der Waals surface area (Å²) >= 11 is 0. The Bertz CT molecular complexity index is 1100. The lowest BCUT2D eigenvalue weighted by Crippen LogP contribution is -2.25. The summed E-state index contributed by atoms with van der Waals surface area (Å²) in [6.07, 6.45) is 9.11. The van der Waals surface area contributed by atoms with Gasteiger partial charge in [-0.25, -0.2) is 4.98 Å². The highest BCUT2D eigenvalue weighted by atomic mass is 16.1. The second-order valence-corrected chi connectivity index (χ2v) is 8.70. The van der Waals surface area contributed by atoms with E-state index in [-0.39, 0.29) is 5.91 Å². The van der Waals surface area contributed by atoms with E-state index in [1.165, 1.54) is 19.3 Å². The molecule has 1 fully saturated rings. The van der Waals surface area contributed by atoms with Crippen LogP contribution in [0.3, 0.4) is 0 Å². The summed E-state index contributed by atoms with van der Waals surface area (Å²) in [5.74, 6) is 0.434. The third-order valence-corrected chi connectivity index (χ3v) is 6.14. The normalized spacial score (nSPS) is 13.8. The van der Waals surface area contributed by atoms with E-state index in [2.05, 4.69) is 20.6 Å². The number of pyridine rings is 2. The minimum absolute atomic E-state index is 0.207. The van der Waals surface area contributed by atoms with Crippen LogP contribution in [0.5, 0.6) is 0 Å². The van der Waals surface area contributed by atoms with Crippen molar-refractivity contribution in [1.29, 1.82) is 0 Å². The van der Waals surface area contributed by atoms with E-state index < -0.39 is 0 Å². The molecule has 0 aliphatic heterocycles. The van der Waals surface area contributed by atoms with Crippen LogP contribution in [-0.4, -0.2) is 34.9 Å². The Balaban J connectivity index is 1.41. The molecule has 1 aliphatic carbocycles. The molecule has 34 heavy (non-hydrogen) atoms. The van der Waals surface area contributed by atoms with Gasteiger partial charge in [0, 0.05) is 48.0 Å². The first-order valence-electron chi connectivity index (χ1n) is 11.9. The second kappa shape index (κ2) is 11.4. The lowest BCUT2D eigenvalue weighted by molar-refractivity contribution is -0.107. The molecular weight excluding hydrogens is 426 g/mol. The molecule has 7 nitrogen and oxygen atoms in total. The fraction of sp³-hybridized carbons (Fsp3) is 0.333. The van der Waals surface area contributed by atoms with Crippen LogP contribution in [0.15, 0.2) is 60.8 Å². The molecule has 1 aromatic carbocycles. The number of nitrogens with one attached hydrogen (secondary N) is 2. The Morgan fingerprint density at radius 2 is 1.85 bits per heavy atom. The molecule has 0 unspecified atom stereocenters. The van der Waals surface area contributed by atoms with Gasteiger partial charge in [-0.1, -0.05) is 25.3 Å². The van der Waals surface area contributed by atoms with Gasteiger partial charge in [-0.05, 0) is 68.3 Å². The van der Waals surface area contributed by atoms with E-state index in [1.54, 1.807) is 23.2 Å². The van der Waals surface area contributed by atoms with Crippen LogP contribution in [0.4, 0.5) is 17.2 Å². The second-order valence-electron chi connectivity index (χ2n) is 8.70. The van der Waals surface area contributed by atoms with Gasteiger partial charge < -0.3 is 15.5 Å². The first-order valence-corrected chi connectivity index (χ1v) is 11.9. The van der Waals surface area contributed by atoms with Crippen LogP contribution in [0.1, 0.15) is 53.8 Å². The fourth-order valence-corrected chi connectivity index (χ4v) is 4.25. The predicted octanol–water partition coefficient (Wildman–Crippen LogP) is 4.99. The maximum atomic E-state index is 13.1. The Labute approximate surface area is 200 Å². The molecule has 176 valence electrons. The Hall–Kier alpha value is -3.74. The first-order chi connectivity index (χ1) is 16.6. The fourth-order valence-electron chi connectivity index (χ4n) is 4.25. The number of carbonyl (C=O) groups excluding carboxylic acids is 2. The third kappa shape index (κ3) is 6.19. The smallest absolute Gasteiger partial charge is 0.259 e. The van der Waals surface area contributed by atoms with Gasteiger partial charge in [-0.15, -0.1) is 0 Å². The summed E-state index contributed by atoms with van der Waals surface area (Å²) in [5, 5.41) is 6.46. The van der Waals surface area contributed by atoms with E-state index in [0.29, 0.717) is 36.1 Å². The molecule has 0 radical (unpaired) electrons. The van der Waals surface area contributed by atoms with Gasteiger partial charge >= 0.3 is 0 Å². The van der Waals surface area contributed by atoms with Crippen LogP contribution >= 0.6 is 0 Å². The number of hydrogen-bond donors (Lipinski definition) is 2. The van der Waals surface area contributed by atoms with Crippen molar-refractivity contribution >= 4 is 29.5 Å². The summed E-state index contributed by atoms with van der Waals surface area (Å²) < 4.78 is 0. The number of benzene rings is 1. The minimum Gasteiger partial charge on any atom is -0.367 e. The van der Waals surface area contributed by atoms with E-state index in [1.807, 2.05) is 49.4 Å². The van der Waals surface area contributed by atoms with Crippen molar-refractivity contribution in [2.45, 2.75) is 51.5 Å². The molecule has 2 aromatic heterocycles. The highest BCUT2D eigenvalue weighted by Gasteiger charge is 2.19. The molecule has 1 aliphatic rings. The Morgan fingerprint density at radius 3 is 2.56 bits per heavy atom.